The number of carbonyl (C=O) groups is 1. The molecule has 0 radical (unpaired) electrons. The number of hydrogen-bond donors (Lipinski definition) is 1. The number of likely N-dealkylation sites (tertiary alicyclic amines) is 1. The SMILES string of the molecule is O=C(O)[C@@H]1CCCN1Cc1cnccn1. The minimum atomic E-state index is -0.739. The highest BCUT2D eigenvalue weighted by Crippen LogP contribution is 2.19. The van der Waals surface area contributed by atoms with Gasteiger partial charge < -0.3 is 5.11 Å². The minimum Gasteiger partial charge on any atom is -0.480 e. The fraction of sp³-hybridized carbons (Fsp3) is 0.500. The van der Waals surface area contributed by atoms with Crippen molar-refractivity contribution in [2.24, 2.45) is 0 Å². The predicted octanol–water partition coefficient (Wildman–Crippen LogP) is 0.526. The van der Waals surface area contributed by atoms with Crippen molar-refractivity contribution in [2.75, 3.05) is 6.54 Å². The van der Waals surface area contributed by atoms with E-state index in [4.69, 9.17) is 5.11 Å². The molecule has 5 heteroatoms. The molecule has 0 amide bonds. The Morgan fingerprint density at radius 2 is 2.47 bits per heavy atom. The maximum absolute atomic E-state index is 10.9. The standard InChI is InChI=1S/C10H13N3O2/c14-10(15)9-2-1-5-13(9)7-8-6-11-3-4-12-8/h3-4,6,9H,1-2,5,7H2,(H,14,15)/t9-/m0/s1. The molecule has 5 nitrogen and oxygen atoms in total. The lowest BCUT2D eigenvalue weighted by Gasteiger charge is -2.19. The topological polar surface area (TPSA) is 66.3 Å². The molecule has 0 aliphatic carbocycles. The van der Waals surface area contributed by atoms with Gasteiger partial charge in [0.2, 0.25) is 0 Å². The number of nitrogens with zero attached hydrogens (tertiary/aromatic N) is 3. The molecule has 1 aliphatic rings. The lowest BCUT2D eigenvalue weighted by molar-refractivity contribution is -0.142. The molecule has 1 aliphatic heterocycles. The summed E-state index contributed by atoms with van der Waals surface area (Å²) in [6, 6.07) is -0.355. The molecule has 0 unspecified atom stereocenters. The average Bonchev–Trinajstić information content (AvgIpc) is 2.67. The summed E-state index contributed by atoms with van der Waals surface area (Å²) in [7, 11) is 0. The van der Waals surface area contributed by atoms with Gasteiger partial charge in [0, 0.05) is 25.1 Å². The summed E-state index contributed by atoms with van der Waals surface area (Å²) in [6.45, 7) is 1.40. The van der Waals surface area contributed by atoms with Crippen molar-refractivity contribution >= 4 is 5.97 Å². The molecule has 0 spiro atoms. The molecule has 1 atom stereocenters. The van der Waals surface area contributed by atoms with Crippen molar-refractivity contribution in [3.63, 3.8) is 0 Å². The number of carboxylic acids is 1. The Bertz CT molecular complexity index is 342. The number of hydrogen-bond acceptors (Lipinski definition) is 4. The Morgan fingerprint density at radius 3 is 3.13 bits per heavy atom. The van der Waals surface area contributed by atoms with Crippen LogP contribution in [0.15, 0.2) is 18.6 Å². The van der Waals surface area contributed by atoms with E-state index in [1.54, 1.807) is 18.6 Å². The summed E-state index contributed by atoms with van der Waals surface area (Å²) in [4.78, 5) is 21.0. The van der Waals surface area contributed by atoms with Crippen LogP contribution in [0.1, 0.15) is 18.5 Å². The Labute approximate surface area is 87.8 Å². The Hall–Kier alpha value is -1.49. The maximum atomic E-state index is 10.9. The van der Waals surface area contributed by atoms with Crippen molar-refractivity contribution in [1.82, 2.24) is 14.9 Å². The number of carboxylic acid groups (broad SMARTS) is 1. The van der Waals surface area contributed by atoms with Gasteiger partial charge in [0.05, 0.1) is 5.69 Å². The summed E-state index contributed by atoms with van der Waals surface area (Å²) >= 11 is 0. The van der Waals surface area contributed by atoms with Gasteiger partial charge >= 0.3 is 5.97 Å². The molecule has 2 rings (SSSR count). The molecule has 0 bridgehead atoms. The van der Waals surface area contributed by atoms with E-state index in [0.717, 1.165) is 25.1 Å². The van der Waals surface area contributed by atoms with Crippen LogP contribution in [0, 0.1) is 0 Å². The van der Waals surface area contributed by atoms with E-state index in [0.29, 0.717) is 6.54 Å². The van der Waals surface area contributed by atoms with E-state index >= 15 is 0 Å². The monoisotopic (exact) mass is 207 g/mol. The van der Waals surface area contributed by atoms with Crippen LogP contribution in [0.2, 0.25) is 0 Å². The summed E-state index contributed by atoms with van der Waals surface area (Å²) in [6.07, 6.45) is 6.59. The highest BCUT2D eigenvalue weighted by atomic mass is 16.4. The third kappa shape index (κ3) is 2.30. The molecule has 1 aromatic heterocycles. The van der Waals surface area contributed by atoms with Gasteiger partial charge in [0.25, 0.3) is 0 Å². The third-order valence-corrected chi connectivity index (χ3v) is 2.63. The molecule has 0 aromatic carbocycles. The zero-order valence-corrected chi connectivity index (χ0v) is 8.33. The van der Waals surface area contributed by atoms with Gasteiger partial charge in [-0.25, -0.2) is 0 Å². The Kier molecular flexibility index (Phi) is 2.91. The van der Waals surface area contributed by atoms with Crippen LogP contribution in [0.4, 0.5) is 0 Å². The van der Waals surface area contributed by atoms with E-state index < -0.39 is 5.97 Å². The summed E-state index contributed by atoms with van der Waals surface area (Å²) in [5.41, 5.74) is 0.825. The summed E-state index contributed by atoms with van der Waals surface area (Å²) in [5.74, 6) is -0.739. The van der Waals surface area contributed by atoms with Crippen LogP contribution >= 0.6 is 0 Å². The zero-order chi connectivity index (χ0) is 10.7. The molecule has 1 saturated heterocycles. The van der Waals surface area contributed by atoms with Crippen molar-refractivity contribution in [2.45, 2.75) is 25.4 Å². The average molecular weight is 207 g/mol. The summed E-state index contributed by atoms with van der Waals surface area (Å²) in [5, 5.41) is 8.98. The molecule has 1 aromatic rings. The van der Waals surface area contributed by atoms with Crippen LogP contribution < -0.4 is 0 Å². The van der Waals surface area contributed by atoms with Crippen molar-refractivity contribution in [3.8, 4) is 0 Å². The second-order valence-electron chi connectivity index (χ2n) is 3.66. The van der Waals surface area contributed by atoms with Gasteiger partial charge in [-0.15, -0.1) is 0 Å². The molecular weight excluding hydrogens is 194 g/mol. The number of rotatable bonds is 3. The van der Waals surface area contributed by atoms with Crippen LogP contribution in [0.3, 0.4) is 0 Å². The molecule has 80 valence electrons. The zero-order valence-electron chi connectivity index (χ0n) is 8.33. The van der Waals surface area contributed by atoms with Gasteiger partial charge in [-0.1, -0.05) is 0 Å². The number of aromatic nitrogens is 2. The van der Waals surface area contributed by atoms with Gasteiger partial charge in [-0.05, 0) is 19.4 Å². The Balaban J connectivity index is 2.03. The number of aliphatic carboxylic acids is 1. The van der Waals surface area contributed by atoms with Crippen LogP contribution in [0.25, 0.3) is 0 Å². The van der Waals surface area contributed by atoms with Crippen LogP contribution in [0.5, 0.6) is 0 Å². The van der Waals surface area contributed by atoms with Gasteiger partial charge in [-0.3, -0.25) is 19.7 Å². The molecular formula is C10H13N3O2. The lowest BCUT2D eigenvalue weighted by Crippen LogP contribution is -2.35. The quantitative estimate of drug-likeness (QED) is 0.783. The van der Waals surface area contributed by atoms with E-state index in [2.05, 4.69) is 9.97 Å². The highest BCUT2D eigenvalue weighted by molar-refractivity contribution is 5.73. The first-order valence-corrected chi connectivity index (χ1v) is 4.99. The lowest BCUT2D eigenvalue weighted by atomic mass is 10.2. The third-order valence-electron chi connectivity index (χ3n) is 2.63. The van der Waals surface area contributed by atoms with Gasteiger partial charge in [0.1, 0.15) is 6.04 Å². The normalized spacial score (nSPS) is 21.7. The molecule has 15 heavy (non-hydrogen) atoms. The van der Waals surface area contributed by atoms with E-state index in [1.807, 2.05) is 4.90 Å². The molecule has 1 fully saturated rings. The van der Waals surface area contributed by atoms with Crippen molar-refractivity contribution < 1.29 is 9.90 Å². The van der Waals surface area contributed by atoms with Crippen LogP contribution in [-0.2, 0) is 11.3 Å². The smallest absolute Gasteiger partial charge is 0.320 e. The highest BCUT2D eigenvalue weighted by Gasteiger charge is 2.30. The van der Waals surface area contributed by atoms with Crippen LogP contribution in [-0.4, -0.2) is 38.5 Å². The van der Waals surface area contributed by atoms with Crippen molar-refractivity contribution in [3.05, 3.63) is 24.3 Å². The van der Waals surface area contributed by atoms with E-state index in [9.17, 15) is 4.79 Å². The first kappa shape index (κ1) is 10.0. The second kappa shape index (κ2) is 4.35. The van der Waals surface area contributed by atoms with E-state index in [-0.39, 0.29) is 6.04 Å². The Morgan fingerprint density at radius 1 is 1.60 bits per heavy atom. The molecule has 2 heterocycles. The van der Waals surface area contributed by atoms with Crippen molar-refractivity contribution in [1.29, 1.82) is 0 Å². The van der Waals surface area contributed by atoms with Gasteiger partial charge in [0.15, 0.2) is 0 Å². The fourth-order valence-corrected chi connectivity index (χ4v) is 1.91. The largest absolute Gasteiger partial charge is 0.480 e. The molecule has 0 saturated carbocycles. The second-order valence-corrected chi connectivity index (χ2v) is 3.66. The fourth-order valence-electron chi connectivity index (χ4n) is 1.91. The summed E-state index contributed by atoms with van der Waals surface area (Å²) < 4.78 is 0. The van der Waals surface area contributed by atoms with E-state index in [1.165, 1.54) is 0 Å². The van der Waals surface area contributed by atoms with Gasteiger partial charge in [-0.2, -0.15) is 0 Å². The first-order chi connectivity index (χ1) is 7.27. The maximum Gasteiger partial charge on any atom is 0.320 e. The predicted molar refractivity (Wildman–Crippen MR) is 53.1 cm³/mol. The first-order valence-electron chi connectivity index (χ1n) is 4.99. The minimum absolute atomic E-state index is 0.355. The molecule has 1 N–H and O–H groups in total.